The van der Waals surface area contributed by atoms with Crippen LogP contribution in [0.3, 0.4) is 0 Å². The van der Waals surface area contributed by atoms with Gasteiger partial charge < -0.3 is 21.5 Å². The number of anilines is 2. The van der Waals surface area contributed by atoms with E-state index in [0.717, 1.165) is 28.5 Å². The van der Waals surface area contributed by atoms with E-state index < -0.39 is 16.8 Å². The maximum atomic E-state index is 11.6. The molecule has 5 N–H and O–H groups in total. The van der Waals surface area contributed by atoms with Crippen LogP contribution >= 0.6 is 0 Å². The second kappa shape index (κ2) is 8.60. The number of rotatable bonds is 3. The molecule has 0 bridgehead atoms. The number of hydrogen-bond acceptors (Lipinski definition) is 7. The summed E-state index contributed by atoms with van der Waals surface area (Å²) in [7, 11) is 0. The fraction of sp³-hybridized carbons (Fsp3) is 0.167. The molecule has 3 aromatic carbocycles. The molecule has 2 heterocycles. The predicted octanol–water partition coefficient (Wildman–Crippen LogP) is 1.82. The van der Waals surface area contributed by atoms with Crippen molar-refractivity contribution >= 4 is 28.2 Å². The first kappa shape index (κ1) is 21.2. The van der Waals surface area contributed by atoms with Gasteiger partial charge in [-0.1, -0.05) is 36.4 Å². The van der Waals surface area contributed by atoms with E-state index in [4.69, 9.17) is 16.6 Å². The number of carboxylic acid groups (broad SMARTS) is 1. The number of aromatic nitrogens is 1. The molecule has 0 saturated heterocycles. The first-order valence-electron chi connectivity index (χ1n) is 10.1. The molecule has 162 valence electrons. The van der Waals surface area contributed by atoms with Crippen molar-refractivity contribution in [2.75, 3.05) is 17.2 Å². The summed E-state index contributed by atoms with van der Waals surface area (Å²) >= 11 is 0. The summed E-state index contributed by atoms with van der Waals surface area (Å²) in [5.74, 6) is -0.946. The molecule has 1 aromatic heterocycles. The highest BCUT2D eigenvalue weighted by molar-refractivity contribution is 5.92. The van der Waals surface area contributed by atoms with Crippen molar-refractivity contribution in [2.24, 2.45) is 5.73 Å². The number of nitrogens with two attached hydrogens (primary N) is 2. The van der Waals surface area contributed by atoms with Gasteiger partial charge in [0.25, 0.3) is 10.9 Å². The van der Waals surface area contributed by atoms with Crippen LogP contribution in [-0.4, -0.2) is 22.6 Å². The first-order valence-corrected chi connectivity index (χ1v) is 10.1. The summed E-state index contributed by atoms with van der Waals surface area (Å²) in [4.78, 5) is 39.3. The Morgan fingerprint density at radius 2 is 1.84 bits per heavy atom. The van der Waals surface area contributed by atoms with E-state index in [1.165, 1.54) is 11.8 Å². The molecule has 0 spiro atoms. The van der Waals surface area contributed by atoms with Crippen molar-refractivity contribution in [1.29, 1.82) is 0 Å². The maximum absolute atomic E-state index is 11.6. The van der Waals surface area contributed by atoms with Gasteiger partial charge >= 0.3 is 5.97 Å². The van der Waals surface area contributed by atoms with Crippen LogP contribution in [0, 0.1) is 0 Å². The molecule has 5 rings (SSSR count). The molecule has 1 aliphatic rings. The monoisotopic (exact) mass is 430 g/mol. The Bertz CT molecular complexity index is 1390. The van der Waals surface area contributed by atoms with Crippen LogP contribution < -0.4 is 27.2 Å². The number of para-hydroxylation sites is 1. The van der Waals surface area contributed by atoms with Crippen LogP contribution in [0.1, 0.15) is 27.0 Å². The van der Waals surface area contributed by atoms with Gasteiger partial charge in [0.1, 0.15) is 11.4 Å². The van der Waals surface area contributed by atoms with Crippen molar-refractivity contribution in [3.8, 4) is 0 Å². The number of nitrogen functional groups attached to an aromatic ring is 1. The van der Waals surface area contributed by atoms with Crippen molar-refractivity contribution < 1.29 is 9.90 Å². The van der Waals surface area contributed by atoms with Gasteiger partial charge in [0.05, 0.1) is 11.1 Å². The first-order chi connectivity index (χ1) is 15.4. The number of aromatic carboxylic acids is 1. The van der Waals surface area contributed by atoms with Crippen LogP contribution in [-0.2, 0) is 19.5 Å². The van der Waals surface area contributed by atoms with Gasteiger partial charge in [0.2, 0.25) is 0 Å². The largest absolute Gasteiger partial charge is 0.478 e. The fourth-order valence-electron chi connectivity index (χ4n) is 3.83. The third kappa shape index (κ3) is 3.95. The van der Waals surface area contributed by atoms with Crippen LogP contribution in [0.25, 0.3) is 10.9 Å². The van der Waals surface area contributed by atoms with Crippen molar-refractivity contribution in [1.82, 2.24) is 4.98 Å². The molecule has 0 amide bonds. The highest BCUT2D eigenvalue weighted by Crippen LogP contribution is 2.26. The summed E-state index contributed by atoms with van der Waals surface area (Å²) in [6, 6.07) is 15.2. The van der Waals surface area contributed by atoms with Gasteiger partial charge in [-0.2, -0.15) is 0 Å². The number of hydrogen-bond donors (Lipinski definition) is 3. The molecule has 4 aromatic rings. The smallest absolute Gasteiger partial charge is 0.337 e. The number of carbonyl (C=O) groups is 1. The van der Waals surface area contributed by atoms with Crippen molar-refractivity contribution in [3.63, 3.8) is 0 Å². The summed E-state index contributed by atoms with van der Waals surface area (Å²) in [6.45, 7) is 1.82. The zero-order valence-electron chi connectivity index (χ0n) is 17.2. The van der Waals surface area contributed by atoms with Crippen molar-refractivity contribution in [2.45, 2.75) is 19.5 Å². The average molecular weight is 430 g/mol. The quantitative estimate of drug-likeness (QED) is 0.418. The Morgan fingerprint density at radius 1 is 1.06 bits per heavy atom. The second-order valence-corrected chi connectivity index (χ2v) is 7.62. The standard InChI is InChI=1S/C14H15N3O2.C10H7NO2/c15-6-8-1-2-9-3-4-17(7-10(9)5-8)12-11(16)13(18)14(12)19;12-10(13)8-5-7-3-1-2-4-9(7)11-6-8/h1-2,5H,3-4,6-7,15-16H2;1-6H,(H,12,13). The maximum Gasteiger partial charge on any atom is 0.337 e. The predicted molar refractivity (Wildman–Crippen MR) is 124 cm³/mol. The Kier molecular flexibility index (Phi) is 5.70. The number of carboxylic acids is 1. The lowest BCUT2D eigenvalue weighted by atomic mass is 9.96. The van der Waals surface area contributed by atoms with Gasteiger partial charge in [-0.15, -0.1) is 0 Å². The van der Waals surface area contributed by atoms with Gasteiger partial charge in [0.15, 0.2) is 0 Å². The lowest BCUT2D eigenvalue weighted by Gasteiger charge is -2.31. The number of pyridine rings is 1. The second-order valence-electron chi connectivity index (χ2n) is 7.62. The van der Waals surface area contributed by atoms with E-state index in [1.54, 1.807) is 6.07 Å². The normalized spacial score (nSPS) is 12.8. The van der Waals surface area contributed by atoms with E-state index in [-0.39, 0.29) is 11.3 Å². The molecule has 0 unspecified atom stereocenters. The molecule has 0 saturated carbocycles. The molecule has 8 heteroatoms. The minimum absolute atomic E-state index is 0.100. The summed E-state index contributed by atoms with van der Waals surface area (Å²) in [6.07, 6.45) is 2.21. The van der Waals surface area contributed by atoms with E-state index >= 15 is 0 Å². The molecule has 0 radical (unpaired) electrons. The summed E-state index contributed by atoms with van der Waals surface area (Å²) in [5, 5.41) is 9.55. The third-order valence-corrected chi connectivity index (χ3v) is 5.59. The molecular formula is C24H22N4O4. The topological polar surface area (TPSA) is 140 Å². The Balaban J connectivity index is 0.000000165. The van der Waals surface area contributed by atoms with E-state index in [2.05, 4.69) is 17.1 Å². The van der Waals surface area contributed by atoms with E-state index in [9.17, 15) is 14.4 Å². The lowest BCUT2D eigenvalue weighted by molar-refractivity contribution is 0.0696. The fourth-order valence-corrected chi connectivity index (χ4v) is 3.83. The summed E-state index contributed by atoms with van der Waals surface area (Å²) in [5.41, 5.74) is 15.2. The Morgan fingerprint density at radius 3 is 2.56 bits per heavy atom. The van der Waals surface area contributed by atoms with Gasteiger partial charge in [-0.25, -0.2) is 4.79 Å². The number of nitrogens with zero attached hydrogens (tertiary/aromatic N) is 2. The number of benzene rings is 2. The third-order valence-electron chi connectivity index (χ3n) is 5.59. The minimum Gasteiger partial charge on any atom is -0.478 e. The molecule has 0 fully saturated rings. The lowest BCUT2D eigenvalue weighted by Crippen LogP contribution is -2.44. The highest BCUT2D eigenvalue weighted by Gasteiger charge is 2.26. The highest BCUT2D eigenvalue weighted by atomic mass is 16.4. The molecular weight excluding hydrogens is 408 g/mol. The molecule has 0 atom stereocenters. The SMILES string of the molecule is NCc1ccc2c(c1)CN(c1c(N)c(=O)c1=O)CC2.O=C(O)c1cnc2ccccc2c1. The van der Waals surface area contributed by atoms with Crippen LogP contribution in [0.2, 0.25) is 0 Å². The molecule has 8 nitrogen and oxygen atoms in total. The Labute approximate surface area is 183 Å². The van der Waals surface area contributed by atoms with Crippen LogP contribution in [0.5, 0.6) is 0 Å². The van der Waals surface area contributed by atoms with Gasteiger partial charge in [-0.05, 0) is 35.2 Å². The zero-order chi connectivity index (χ0) is 22.8. The van der Waals surface area contributed by atoms with Crippen molar-refractivity contribution in [3.05, 3.63) is 97.4 Å². The molecule has 1 aliphatic heterocycles. The minimum atomic E-state index is -0.946. The van der Waals surface area contributed by atoms with Gasteiger partial charge in [-0.3, -0.25) is 14.6 Å². The Hall–Kier alpha value is -4.04. The van der Waals surface area contributed by atoms with Crippen LogP contribution in [0.15, 0.2) is 64.3 Å². The summed E-state index contributed by atoms with van der Waals surface area (Å²) < 4.78 is 0. The van der Waals surface area contributed by atoms with E-state index in [1.807, 2.05) is 35.2 Å². The molecule has 0 aliphatic carbocycles. The average Bonchev–Trinajstić information content (AvgIpc) is 2.83. The molecule has 32 heavy (non-hydrogen) atoms. The number of fused-ring (bicyclic) bond motifs is 2. The van der Waals surface area contributed by atoms with Crippen LogP contribution in [0.4, 0.5) is 11.4 Å². The zero-order valence-corrected chi connectivity index (χ0v) is 17.2. The van der Waals surface area contributed by atoms with Gasteiger partial charge in [0, 0.05) is 31.2 Å². The van der Waals surface area contributed by atoms with E-state index in [0.29, 0.717) is 25.3 Å².